The highest BCUT2D eigenvalue weighted by atomic mass is 32.2. The van der Waals surface area contributed by atoms with Crippen LogP contribution in [0.2, 0.25) is 0 Å². The molecule has 1 heterocycles. The number of nitro benzene ring substituents is 1. The standard InChI is InChI=1S/C14H18N2O3S/c1-9-7-15(8-10(2)20-9)12-4-5-14(16(18)19)13(6-12)11(3)17/h4-6,9-10H,7-8H2,1-3H3. The molecule has 6 heteroatoms. The SMILES string of the molecule is CC(=O)c1cc(N2CC(C)SC(C)C2)ccc1[N+](=O)[O-]. The van der Waals surface area contributed by atoms with Crippen LogP contribution in [0.15, 0.2) is 18.2 Å². The third-order valence-corrected chi connectivity index (χ3v) is 4.57. The first kappa shape index (κ1) is 14.8. The zero-order valence-corrected chi connectivity index (χ0v) is 12.6. The van der Waals surface area contributed by atoms with Gasteiger partial charge in [0.05, 0.1) is 10.5 Å². The van der Waals surface area contributed by atoms with E-state index in [4.69, 9.17) is 0 Å². The summed E-state index contributed by atoms with van der Waals surface area (Å²) in [5.74, 6) is -0.272. The molecule has 0 N–H and O–H groups in total. The van der Waals surface area contributed by atoms with Crippen LogP contribution < -0.4 is 4.90 Å². The molecular formula is C14H18N2O3S. The van der Waals surface area contributed by atoms with Gasteiger partial charge in [-0.15, -0.1) is 0 Å². The van der Waals surface area contributed by atoms with Gasteiger partial charge < -0.3 is 4.90 Å². The van der Waals surface area contributed by atoms with Crippen molar-refractivity contribution in [3.63, 3.8) is 0 Å². The topological polar surface area (TPSA) is 63.5 Å². The van der Waals surface area contributed by atoms with Gasteiger partial charge in [-0.25, -0.2) is 0 Å². The average molecular weight is 294 g/mol. The zero-order valence-electron chi connectivity index (χ0n) is 11.8. The minimum Gasteiger partial charge on any atom is -0.369 e. The number of nitro groups is 1. The molecule has 2 unspecified atom stereocenters. The van der Waals surface area contributed by atoms with Crippen LogP contribution in [0.5, 0.6) is 0 Å². The van der Waals surface area contributed by atoms with Crippen molar-refractivity contribution >= 4 is 28.9 Å². The number of Topliss-reactive ketones (excluding diaryl/α,β-unsaturated/α-hetero) is 1. The molecule has 1 aromatic carbocycles. The quantitative estimate of drug-likeness (QED) is 0.487. The number of ketones is 1. The molecule has 1 aromatic rings. The molecule has 0 aromatic heterocycles. The Bertz CT molecular complexity index is 537. The lowest BCUT2D eigenvalue weighted by Gasteiger charge is -2.36. The molecule has 108 valence electrons. The fourth-order valence-electron chi connectivity index (χ4n) is 2.55. The van der Waals surface area contributed by atoms with Gasteiger partial charge in [0.1, 0.15) is 0 Å². The van der Waals surface area contributed by atoms with Crippen LogP contribution in [0.3, 0.4) is 0 Å². The lowest BCUT2D eigenvalue weighted by Crippen LogP contribution is -2.40. The Labute approximate surface area is 122 Å². The summed E-state index contributed by atoms with van der Waals surface area (Å²) in [6, 6.07) is 4.82. The predicted octanol–water partition coefficient (Wildman–Crippen LogP) is 3.13. The highest BCUT2D eigenvalue weighted by Gasteiger charge is 2.25. The fraction of sp³-hybridized carbons (Fsp3) is 0.500. The number of carbonyl (C=O) groups is 1. The second-order valence-electron chi connectivity index (χ2n) is 5.18. The maximum absolute atomic E-state index is 11.6. The van der Waals surface area contributed by atoms with Crippen LogP contribution in [0.4, 0.5) is 11.4 Å². The predicted molar refractivity (Wildman–Crippen MR) is 81.8 cm³/mol. The van der Waals surface area contributed by atoms with Crippen LogP contribution in [-0.2, 0) is 0 Å². The highest BCUT2D eigenvalue weighted by molar-refractivity contribution is 8.00. The van der Waals surface area contributed by atoms with Gasteiger partial charge in [-0.3, -0.25) is 14.9 Å². The normalized spacial score (nSPS) is 22.6. The molecule has 20 heavy (non-hydrogen) atoms. The molecule has 2 atom stereocenters. The molecule has 1 fully saturated rings. The van der Waals surface area contributed by atoms with E-state index in [1.54, 1.807) is 12.1 Å². The van der Waals surface area contributed by atoms with Gasteiger partial charge in [0.25, 0.3) is 5.69 Å². The third kappa shape index (κ3) is 3.12. The van der Waals surface area contributed by atoms with Crippen LogP contribution in [-0.4, -0.2) is 34.3 Å². The Morgan fingerprint density at radius 3 is 2.45 bits per heavy atom. The van der Waals surface area contributed by atoms with Crippen molar-refractivity contribution in [2.24, 2.45) is 0 Å². The Morgan fingerprint density at radius 2 is 1.95 bits per heavy atom. The molecule has 0 radical (unpaired) electrons. The lowest BCUT2D eigenvalue weighted by atomic mass is 10.1. The number of hydrogen-bond donors (Lipinski definition) is 0. The Morgan fingerprint density at radius 1 is 1.35 bits per heavy atom. The third-order valence-electron chi connectivity index (χ3n) is 3.34. The van der Waals surface area contributed by atoms with Crippen molar-refractivity contribution in [1.82, 2.24) is 0 Å². The highest BCUT2D eigenvalue weighted by Crippen LogP contribution is 2.31. The molecule has 0 amide bonds. The summed E-state index contributed by atoms with van der Waals surface area (Å²) < 4.78 is 0. The van der Waals surface area contributed by atoms with Crippen LogP contribution >= 0.6 is 11.8 Å². The van der Waals surface area contributed by atoms with Gasteiger partial charge in [-0.2, -0.15) is 11.8 Å². The second-order valence-corrected chi connectivity index (χ2v) is 7.06. The summed E-state index contributed by atoms with van der Waals surface area (Å²) in [7, 11) is 0. The summed E-state index contributed by atoms with van der Waals surface area (Å²) in [4.78, 5) is 24.3. The summed E-state index contributed by atoms with van der Waals surface area (Å²) >= 11 is 1.94. The number of benzene rings is 1. The monoisotopic (exact) mass is 294 g/mol. The molecule has 0 bridgehead atoms. The molecule has 0 spiro atoms. The van der Waals surface area contributed by atoms with Gasteiger partial charge in [0.15, 0.2) is 5.78 Å². The largest absolute Gasteiger partial charge is 0.369 e. The van der Waals surface area contributed by atoms with E-state index in [-0.39, 0.29) is 17.0 Å². The Kier molecular flexibility index (Phi) is 4.32. The lowest BCUT2D eigenvalue weighted by molar-refractivity contribution is -0.385. The van der Waals surface area contributed by atoms with Gasteiger partial charge in [0.2, 0.25) is 0 Å². The first-order valence-electron chi connectivity index (χ1n) is 6.58. The average Bonchev–Trinajstić information content (AvgIpc) is 2.36. The summed E-state index contributed by atoms with van der Waals surface area (Å²) in [6.45, 7) is 7.49. The van der Waals surface area contributed by atoms with Gasteiger partial charge in [-0.1, -0.05) is 13.8 Å². The van der Waals surface area contributed by atoms with E-state index in [2.05, 4.69) is 18.7 Å². The van der Waals surface area contributed by atoms with Crippen LogP contribution in [0.25, 0.3) is 0 Å². The molecule has 5 nitrogen and oxygen atoms in total. The zero-order chi connectivity index (χ0) is 14.9. The van der Waals surface area contributed by atoms with Crippen molar-refractivity contribution in [2.75, 3.05) is 18.0 Å². The van der Waals surface area contributed by atoms with E-state index in [0.29, 0.717) is 10.5 Å². The van der Waals surface area contributed by atoms with Gasteiger partial charge in [0, 0.05) is 35.3 Å². The molecule has 1 aliphatic heterocycles. The number of hydrogen-bond acceptors (Lipinski definition) is 5. The van der Waals surface area contributed by atoms with E-state index in [1.807, 2.05) is 11.8 Å². The van der Waals surface area contributed by atoms with E-state index < -0.39 is 4.92 Å². The van der Waals surface area contributed by atoms with E-state index in [0.717, 1.165) is 18.8 Å². The first-order valence-corrected chi connectivity index (χ1v) is 7.52. The van der Waals surface area contributed by atoms with Crippen LogP contribution in [0, 0.1) is 10.1 Å². The minimum absolute atomic E-state index is 0.117. The van der Waals surface area contributed by atoms with Crippen molar-refractivity contribution in [2.45, 2.75) is 31.3 Å². The molecule has 0 aliphatic carbocycles. The van der Waals surface area contributed by atoms with E-state index in [9.17, 15) is 14.9 Å². The first-order chi connectivity index (χ1) is 9.38. The smallest absolute Gasteiger partial charge is 0.280 e. The number of nitrogens with zero attached hydrogens (tertiary/aromatic N) is 2. The second kappa shape index (κ2) is 5.83. The number of carbonyl (C=O) groups excluding carboxylic acids is 1. The van der Waals surface area contributed by atoms with Crippen LogP contribution in [0.1, 0.15) is 31.1 Å². The minimum atomic E-state index is -0.502. The molecular weight excluding hydrogens is 276 g/mol. The van der Waals surface area contributed by atoms with Crippen molar-refractivity contribution in [1.29, 1.82) is 0 Å². The molecule has 1 aliphatic rings. The van der Waals surface area contributed by atoms with E-state index in [1.165, 1.54) is 13.0 Å². The van der Waals surface area contributed by atoms with E-state index >= 15 is 0 Å². The summed E-state index contributed by atoms with van der Waals surface area (Å²) in [5.41, 5.74) is 0.958. The fourth-order valence-corrected chi connectivity index (χ4v) is 3.88. The maximum atomic E-state index is 11.6. The molecule has 0 saturated carbocycles. The molecule has 2 rings (SSSR count). The van der Waals surface area contributed by atoms with Crippen molar-refractivity contribution in [3.05, 3.63) is 33.9 Å². The van der Waals surface area contributed by atoms with Gasteiger partial charge >= 0.3 is 0 Å². The number of rotatable bonds is 3. The number of thioether (sulfide) groups is 1. The Hall–Kier alpha value is -1.56. The Balaban J connectivity index is 2.36. The van der Waals surface area contributed by atoms with Crippen molar-refractivity contribution < 1.29 is 9.72 Å². The number of anilines is 1. The molecule has 1 saturated heterocycles. The maximum Gasteiger partial charge on any atom is 0.280 e. The van der Waals surface area contributed by atoms with Gasteiger partial charge in [-0.05, 0) is 19.1 Å². The van der Waals surface area contributed by atoms with Crippen molar-refractivity contribution in [3.8, 4) is 0 Å². The summed E-state index contributed by atoms with van der Waals surface area (Å²) in [6.07, 6.45) is 0. The summed E-state index contributed by atoms with van der Waals surface area (Å²) in [5, 5.41) is 12.0.